The third-order valence-corrected chi connectivity index (χ3v) is 6.14. The van der Waals surface area contributed by atoms with Crippen molar-refractivity contribution < 1.29 is 8.42 Å². The van der Waals surface area contributed by atoms with Crippen molar-refractivity contribution in [2.75, 3.05) is 16.2 Å². The SMILES string of the molecule is Cc1n[nH]c(C)c1S(=O)(=O)Nc1ccc(N2CCc3ccccc32)nc1. The van der Waals surface area contributed by atoms with E-state index in [0.717, 1.165) is 24.5 Å². The number of fused-ring (bicyclic) bond motifs is 1. The van der Waals surface area contributed by atoms with E-state index < -0.39 is 10.0 Å². The number of sulfonamides is 1. The van der Waals surface area contributed by atoms with Crippen LogP contribution >= 0.6 is 0 Å². The Morgan fingerprint density at radius 1 is 1.15 bits per heavy atom. The summed E-state index contributed by atoms with van der Waals surface area (Å²) in [7, 11) is -3.71. The molecule has 3 heterocycles. The van der Waals surface area contributed by atoms with Gasteiger partial charge in [-0.2, -0.15) is 5.10 Å². The summed E-state index contributed by atoms with van der Waals surface area (Å²) in [5, 5.41) is 6.64. The first kappa shape index (κ1) is 16.6. The standard InChI is InChI=1S/C18H19N5O2S/c1-12-18(13(2)21-20-12)26(24,25)22-15-7-8-17(19-11-15)23-10-9-14-5-3-4-6-16(14)23/h3-8,11,22H,9-10H2,1-2H3,(H,20,21). The Kier molecular flexibility index (Phi) is 3.91. The van der Waals surface area contributed by atoms with Crippen LogP contribution in [0, 0.1) is 13.8 Å². The zero-order valence-electron chi connectivity index (χ0n) is 14.5. The van der Waals surface area contributed by atoms with E-state index in [-0.39, 0.29) is 4.90 Å². The molecule has 26 heavy (non-hydrogen) atoms. The van der Waals surface area contributed by atoms with Crippen LogP contribution in [0.25, 0.3) is 0 Å². The molecule has 0 aliphatic carbocycles. The molecule has 134 valence electrons. The van der Waals surface area contributed by atoms with E-state index in [9.17, 15) is 8.42 Å². The van der Waals surface area contributed by atoms with Crippen LogP contribution in [0.2, 0.25) is 0 Å². The zero-order chi connectivity index (χ0) is 18.3. The van der Waals surface area contributed by atoms with Gasteiger partial charge in [-0.1, -0.05) is 18.2 Å². The molecule has 7 nitrogen and oxygen atoms in total. The van der Waals surface area contributed by atoms with Crippen LogP contribution < -0.4 is 9.62 Å². The van der Waals surface area contributed by atoms with Crippen LogP contribution in [0.15, 0.2) is 47.5 Å². The molecule has 0 atom stereocenters. The predicted octanol–water partition coefficient (Wildman–Crippen LogP) is 2.92. The third kappa shape index (κ3) is 2.82. The molecule has 1 aliphatic heterocycles. The average Bonchev–Trinajstić information content (AvgIpc) is 3.19. The lowest BCUT2D eigenvalue weighted by molar-refractivity contribution is 0.600. The molecular weight excluding hydrogens is 350 g/mol. The Hall–Kier alpha value is -2.87. The molecule has 0 radical (unpaired) electrons. The van der Waals surface area contributed by atoms with Crippen LogP contribution in [-0.4, -0.2) is 30.1 Å². The number of anilines is 3. The molecule has 0 fully saturated rings. The van der Waals surface area contributed by atoms with E-state index in [0.29, 0.717) is 17.1 Å². The quantitative estimate of drug-likeness (QED) is 0.738. The topological polar surface area (TPSA) is 91.0 Å². The molecule has 0 saturated heterocycles. The van der Waals surface area contributed by atoms with E-state index in [1.54, 1.807) is 26.1 Å². The van der Waals surface area contributed by atoms with E-state index >= 15 is 0 Å². The number of nitrogens with zero attached hydrogens (tertiary/aromatic N) is 3. The Morgan fingerprint density at radius 2 is 1.96 bits per heavy atom. The minimum Gasteiger partial charge on any atom is -0.326 e. The van der Waals surface area contributed by atoms with Gasteiger partial charge in [0.15, 0.2) is 0 Å². The van der Waals surface area contributed by atoms with E-state index in [1.165, 1.54) is 5.56 Å². The van der Waals surface area contributed by atoms with Gasteiger partial charge in [-0.25, -0.2) is 13.4 Å². The molecule has 4 rings (SSSR count). The van der Waals surface area contributed by atoms with Crippen molar-refractivity contribution in [2.24, 2.45) is 0 Å². The average molecular weight is 369 g/mol. The van der Waals surface area contributed by atoms with Crippen molar-refractivity contribution in [2.45, 2.75) is 25.2 Å². The van der Waals surface area contributed by atoms with Gasteiger partial charge >= 0.3 is 0 Å². The van der Waals surface area contributed by atoms with Gasteiger partial charge in [0.2, 0.25) is 0 Å². The molecule has 0 saturated carbocycles. The number of rotatable bonds is 4. The smallest absolute Gasteiger partial charge is 0.265 e. The summed E-state index contributed by atoms with van der Waals surface area (Å²) >= 11 is 0. The first-order valence-electron chi connectivity index (χ1n) is 8.31. The Labute approximate surface area is 152 Å². The van der Waals surface area contributed by atoms with Crippen molar-refractivity contribution in [1.82, 2.24) is 15.2 Å². The number of pyridine rings is 1. The van der Waals surface area contributed by atoms with Gasteiger partial charge in [0, 0.05) is 12.2 Å². The van der Waals surface area contributed by atoms with Crippen LogP contribution in [-0.2, 0) is 16.4 Å². The van der Waals surface area contributed by atoms with Gasteiger partial charge in [-0.05, 0) is 44.0 Å². The number of hydrogen-bond acceptors (Lipinski definition) is 5. The Balaban J connectivity index is 1.58. The maximum Gasteiger partial charge on any atom is 0.265 e. The molecule has 0 bridgehead atoms. The number of hydrogen-bond donors (Lipinski definition) is 2. The summed E-state index contributed by atoms with van der Waals surface area (Å²) in [6.07, 6.45) is 2.52. The van der Waals surface area contributed by atoms with Crippen molar-refractivity contribution >= 4 is 27.2 Å². The number of aryl methyl sites for hydroxylation is 2. The molecule has 1 aromatic carbocycles. The van der Waals surface area contributed by atoms with Gasteiger partial charge < -0.3 is 4.90 Å². The van der Waals surface area contributed by atoms with Crippen molar-refractivity contribution in [3.8, 4) is 0 Å². The van der Waals surface area contributed by atoms with Crippen molar-refractivity contribution in [3.05, 3.63) is 59.5 Å². The third-order valence-electron chi connectivity index (χ3n) is 4.49. The minimum absolute atomic E-state index is 0.176. The van der Waals surface area contributed by atoms with Crippen LogP contribution in [0.4, 0.5) is 17.2 Å². The van der Waals surface area contributed by atoms with Crippen LogP contribution in [0.1, 0.15) is 17.0 Å². The summed E-state index contributed by atoms with van der Waals surface area (Å²) in [5.41, 5.74) is 3.81. The highest BCUT2D eigenvalue weighted by Crippen LogP contribution is 2.33. The summed E-state index contributed by atoms with van der Waals surface area (Å²) < 4.78 is 27.8. The number of para-hydroxylation sites is 1. The van der Waals surface area contributed by atoms with Gasteiger partial charge in [-0.15, -0.1) is 0 Å². The van der Waals surface area contributed by atoms with E-state index in [1.807, 2.05) is 18.2 Å². The normalized spacial score (nSPS) is 13.7. The summed E-state index contributed by atoms with van der Waals surface area (Å²) in [5.74, 6) is 0.800. The van der Waals surface area contributed by atoms with Crippen LogP contribution in [0.3, 0.4) is 0 Å². The van der Waals surface area contributed by atoms with E-state index in [4.69, 9.17) is 0 Å². The van der Waals surface area contributed by atoms with Crippen LogP contribution in [0.5, 0.6) is 0 Å². The Morgan fingerprint density at radius 3 is 2.65 bits per heavy atom. The maximum absolute atomic E-state index is 12.6. The van der Waals surface area contributed by atoms with Gasteiger partial charge in [0.05, 0.1) is 23.3 Å². The molecule has 3 aromatic rings. The predicted molar refractivity (Wildman–Crippen MR) is 100 cm³/mol. The molecule has 1 aliphatic rings. The monoisotopic (exact) mass is 369 g/mol. The summed E-state index contributed by atoms with van der Waals surface area (Å²) in [4.78, 5) is 6.76. The summed E-state index contributed by atoms with van der Waals surface area (Å²) in [6, 6.07) is 11.8. The highest BCUT2D eigenvalue weighted by molar-refractivity contribution is 7.92. The molecule has 0 unspecified atom stereocenters. The highest BCUT2D eigenvalue weighted by atomic mass is 32.2. The number of aromatic nitrogens is 3. The maximum atomic E-state index is 12.6. The lowest BCUT2D eigenvalue weighted by Crippen LogP contribution is -2.16. The van der Waals surface area contributed by atoms with Gasteiger partial charge in [-0.3, -0.25) is 9.82 Å². The van der Waals surface area contributed by atoms with Gasteiger partial charge in [0.25, 0.3) is 10.0 Å². The molecule has 2 aromatic heterocycles. The largest absolute Gasteiger partial charge is 0.326 e. The molecular formula is C18H19N5O2S. The highest BCUT2D eigenvalue weighted by Gasteiger charge is 2.23. The lowest BCUT2D eigenvalue weighted by atomic mass is 10.2. The first-order chi connectivity index (χ1) is 12.5. The lowest BCUT2D eigenvalue weighted by Gasteiger charge is -2.18. The molecule has 0 spiro atoms. The number of H-pyrrole nitrogens is 1. The van der Waals surface area contributed by atoms with Crippen molar-refractivity contribution in [3.63, 3.8) is 0 Å². The first-order valence-corrected chi connectivity index (χ1v) is 9.80. The second kappa shape index (κ2) is 6.14. The fourth-order valence-electron chi connectivity index (χ4n) is 3.33. The second-order valence-corrected chi connectivity index (χ2v) is 7.92. The fraction of sp³-hybridized carbons (Fsp3) is 0.222. The fourth-order valence-corrected chi connectivity index (χ4v) is 4.74. The van der Waals surface area contributed by atoms with Gasteiger partial charge in [0.1, 0.15) is 10.7 Å². The molecule has 2 N–H and O–H groups in total. The minimum atomic E-state index is -3.71. The molecule has 8 heteroatoms. The Bertz CT molecular complexity index is 1040. The van der Waals surface area contributed by atoms with E-state index in [2.05, 4.69) is 36.9 Å². The molecule has 0 amide bonds. The zero-order valence-corrected chi connectivity index (χ0v) is 15.3. The number of nitrogens with one attached hydrogen (secondary N) is 2. The second-order valence-electron chi connectivity index (χ2n) is 6.30. The summed E-state index contributed by atoms with van der Waals surface area (Å²) in [6.45, 7) is 4.20. The van der Waals surface area contributed by atoms with Crippen molar-refractivity contribution in [1.29, 1.82) is 0 Å². The number of aromatic amines is 1. The number of benzene rings is 1.